The van der Waals surface area contributed by atoms with Crippen molar-refractivity contribution in [3.63, 3.8) is 0 Å². The van der Waals surface area contributed by atoms with E-state index in [0.717, 1.165) is 64.2 Å². The van der Waals surface area contributed by atoms with Crippen molar-refractivity contribution in [3.05, 3.63) is 69.8 Å². The van der Waals surface area contributed by atoms with Gasteiger partial charge in [-0.25, -0.2) is 0 Å². The van der Waals surface area contributed by atoms with Crippen molar-refractivity contribution in [1.29, 1.82) is 0 Å². The van der Waals surface area contributed by atoms with Crippen LogP contribution in [0.15, 0.2) is 47.4 Å². The lowest BCUT2D eigenvalue weighted by Crippen LogP contribution is -2.37. The number of ether oxygens (including phenoxy) is 1. The molecule has 1 fully saturated rings. The van der Waals surface area contributed by atoms with Crippen LogP contribution in [0, 0.1) is 13.8 Å². The van der Waals surface area contributed by atoms with Crippen LogP contribution in [-0.4, -0.2) is 55.6 Å². The molecule has 10 nitrogen and oxygen atoms in total. The fraction of sp³-hybridized carbons (Fsp3) is 0.364. The molecule has 3 N–H and O–H groups in total. The number of anilines is 1. The lowest BCUT2D eigenvalue weighted by Gasteiger charge is -2.31. The molecule has 0 radical (unpaired) electrons. The molecule has 10 heteroatoms. The maximum absolute atomic E-state index is 13.2. The summed E-state index contributed by atoms with van der Waals surface area (Å²) in [6, 6.07) is 11.8. The Kier molecular flexibility index (Phi) is 7.04. The van der Waals surface area contributed by atoms with Gasteiger partial charge in [-0.1, -0.05) is 18.2 Å². The van der Waals surface area contributed by atoms with Crippen LogP contribution < -0.4 is 20.5 Å². The number of amides is 1. The van der Waals surface area contributed by atoms with Crippen molar-refractivity contribution in [2.24, 2.45) is 7.05 Å². The molecule has 224 valence electrons. The molecular formula is C33H38N6O4. The molecule has 0 unspecified atom stereocenters. The maximum atomic E-state index is 13.2. The fourth-order valence-electron chi connectivity index (χ4n) is 5.72. The normalized spacial score (nSPS) is 13.5. The number of pyridine rings is 1. The first-order valence-corrected chi connectivity index (χ1v) is 14.7. The molecule has 3 aromatic heterocycles. The van der Waals surface area contributed by atoms with Crippen LogP contribution in [0.5, 0.6) is 11.5 Å². The molecule has 0 aliphatic carbocycles. The number of rotatable bonds is 8. The van der Waals surface area contributed by atoms with Crippen molar-refractivity contribution in [3.8, 4) is 22.6 Å². The average molecular weight is 583 g/mol. The van der Waals surface area contributed by atoms with Crippen LogP contribution in [0.25, 0.3) is 32.9 Å². The summed E-state index contributed by atoms with van der Waals surface area (Å²) in [4.78, 5) is 31.3. The van der Waals surface area contributed by atoms with Crippen LogP contribution in [0.4, 0.5) is 5.82 Å². The van der Waals surface area contributed by atoms with E-state index in [2.05, 4.69) is 15.2 Å². The Bertz CT molecular complexity index is 1920. The Morgan fingerprint density at radius 1 is 1.12 bits per heavy atom. The van der Waals surface area contributed by atoms with Crippen molar-refractivity contribution >= 4 is 33.5 Å². The topological polar surface area (TPSA) is 117 Å². The standard InChI is InChI=1S/C33H38N6O4/c1-7-34-31(40)25-14-22-24(17-37(6)32(41)28(22)35-25)21-15-26-23(16-27(21)43-29-19(2)10-8-11-20(29)3)30(38-12-9-13-38)36-39(26)18-33(4,5)42/h8,10-11,14-17,35,42H,7,9,12-13,18H2,1-6H3,(H,34,40). The largest absolute Gasteiger partial charge is 0.456 e. The molecule has 43 heavy (non-hydrogen) atoms. The molecule has 6 rings (SSSR count). The predicted molar refractivity (Wildman–Crippen MR) is 169 cm³/mol. The summed E-state index contributed by atoms with van der Waals surface area (Å²) < 4.78 is 10.1. The van der Waals surface area contributed by atoms with Gasteiger partial charge in [-0.2, -0.15) is 5.10 Å². The molecule has 0 atom stereocenters. The van der Waals surface area contributed by atoms with Gasteiger partial charge in [0.2, 0.25) is 0 Å². The molecule has 1 aliphatic heterocycles. The second-order valence-corrected chi connectivity index (χ2v) is 12.1. The van der Waals surface area contributed by atoms with E-state index in [1.165, 1.54) is 4.57 Å². The minimum Gasteiger partial charge on any atom is -0.456 e. The molecule has 5 aromatic rings. The Hall–Kier alpha value is -4.57. The first-order chi connectivity index (χ1) is 20.4. The summed E-state index contributed by atoms with van der Waals surface area (Å²) in [5.74, 6) is 1.94. The number of nitrogens with one attached hydrogen (secondary N) is 2. The minimum atomic E-state index is -0.995. The second kappa shape index (κ2) is 10.6. The van der Waals surface area contributed by atoms with Gasteiger partial charge in [0, 0.05) is 54.8 Å². The number of hydrogen-bond acceptors (Lipinski definition) is 6. The molecule has 0 bridgehead atoms. The maximum Gasteiger partial charge on any atom is 0.274 e. The van der Waals surface area contributed by atoms with Gasteiger partial charge in [-0.05, 0) is 70.4 Å². The number of nitrogens with zero attached hydrogens (tertiary/aromatic N) is 4. The Morgan fingerprint density at radius 3 is 2.47 bits per heavy atom. The number of fused-ring (bicyclic) bond motifs is 2. The van der Waals surface area contributed by atoms with Gasteiger partial charge in [0.05, 0.1) is 17.7 Å². The number of para-hydroxylation sites is 1. The van der Waals surface area contributed by atoms with E-state index in [9.17, 15) is 14.7 Å². The zero-order valence-electron chi connectivity index (χ0n) is 25.5. The zero-order valence-corrected chi connectivity index (χ0v) is 25.5. The highest BCUT2D eigenvalue weighted by atomic mass is 16.5. The van der Waals surface area contributed by atoms with Gasteiger partial charge in [-0.3, -0.25) is 14.3 Å². The van der Waals surface area contributed by atoms with Gasteiger partial charge in [0.15, 0.2) is 5.82 Å². The Labute approximate surface area is 249 Å². The molecule has 0 saturated carbocycles. The molecule has 1 saturated heterocycles. The van der Waals surface area contributed by atoms with Crippen molar-refractivity contribution in [2.75, 3.05) is 24.5 Å². The summed E-state index contributed by atoms with van der Waals surface area (Å²) in [6.45, 7) is 12.0. The van der Waals surface area contributed by atoms with E-state index in [1.807, 2.05) is 55.8 Å². The van der Waals surface area contributed by atoms with Crippen LogP contribution >= 0.6 is 0 Å². The molecule has 1 amide bonds. The predicted octanol–water partition coefficient (Wildman–Crippen LogP) is 5.02. The number of benzene rings is 2. The van der Waals surface area contributed by atoms with Gasteiger partial charge in [0.1, 0.15) is 22.7 Å². The summed E-state index contributed by atoms with van der Waals surface area (Å²) >= 11 is 0. The summed E-state index contributed by atoms with van der Waals surface area (Å²) in [5, 5.41) is 20.1. The van der Waals surface area contributed by atoms with Gasteiger partial charge in [0.25, 0.3) is 11.5 Å². The molecular weight excluding hydrogens is 544 g/mol. The highest BCUT2D eigenvalue weighted by Crippen LogP contribution is 2.43. The second-order valence-electron chi connectivity index (χ2n) is 12.1. The van der Waals surface area contributed by atoms with Crippen LogP contribution in [-0.2, 0) is 13.6 Å². The summed E-state index contributed by atoms with van der Waals surface area (Å²) in [6.07, 6.45) is 2.88. The van der Waals surface area contributed by atoms with E-state index >= 15 is 0 Å². The lowest BCUT2D eigenvalue weighted by molar-refractivity contribution is 0.0591. The lowest BCUT2D eigenvalue weighted by atomic mass is 10.00. The average Bonchev–Trinajstić information content (AvgIpc) is 3.49. The number of aromatic amines is 1. The number of aryl methyl sites for hydroxylation is 3. The Morgan fingerprint density at radius 2 is 1.84 bits per heavy atom. The van der Waals surface area contributed by atoms with Crippen molar-refractivity contribution in [2.45, 2.75) is 53.2 Å². The van der Waals surface area contributed by atoms with Gasteiger partial charge < -0.3 is 29.6 Å². The van der Waals surface area contributed by atoms with E-state index in [-0.39, 0.29) is 11.5 Å². The van der Waals surface area contributed by atoms with Crippen LogP contribution in [0.1, 0.15) is 48.8 Å². The minimum absolute atomic E-state index is 0.236. The third-order valence-electron chi connectivity index (χ3n) is 7.98. The molecule has 4 heterocycles. The number of carbonyl (C=O) groups is 1. The van der Waals surface area contributed by atoms with Gasteiger partial charge in [-0.15, -0.1) is 0 Å². The van der Waals surface area contributed by atoms with E-state index in [1.54, 1.807) is 33.2 Å². The third kappa shape index (κ3) is 5.16. The number of hydrogen-bond donors (Lipinski definition) is 3. The van der Waals surface area contributed by atoms with Crippen LogP contribution in [0.3, 0.4) is 0 Å². The Balaban J connectivity index is 1.66. The van der Waals surface area contributed by atoms with E-state index < -0.39 is 5.60 Å². The highest BCUT2D eigenvalue weighted by Gasteiger charge is 2.27. The first-order valence-electron chi connectivity index (χ1n) is 14.7. The fourth-order valence-corrected chi connectivity index (χ4v) is 5.72. The van der Waals surface area contributed by atoms with Gasteiger partial charge >= 0.3 is 0 Å². The third-order valence-corrected chi connectivity index (χ3v) is 7.98. The number of carbonyl (C=O) groups excluding carboxylic acids is 1. The smallest absolute Gasteiger partial charge is 0.274 e. The van der Waals surface area contributed by atoms with Crippen molar-refractivity contribution in [1.82, 2.24) is 24.6 Å². The molecule has 0 spiro atoms. The zero-order chi connectivity index (χ0) is 30.6. The summed E-state index contributed by atoms with van der Waals surface area (Å²) in [5.41, 5.74) is 3.73. The molecule has 1 aliphatic rings. The first kappa shape index (κ1) is 28.5. The van der Waals surface area contributed by atoms with E-state index in [0.29, 0.717) is 35.4 Å². The monoisotopic (exact) mass is 582 g/mol. The summed E-state index contributed by atoms with van der Waals surface area (Å²) in [7, 11) is 1.70. The quantitative estimate of drug-likeness (QED) is 0.237. The molecule has 2 aromatic carbocycles. The number of H-pyrrole nitrogens is 1. The highest BCUT2D eigenvalue weighted by molar-refractivity contribution is 6.05. The SMILES string of the molecule is CCNC(=O)c1cc2c(-c3cc4c(cc3Oc3c(C)cccc3C)c(N3CCC3)nn4CC(C)(C)O)cn(C)c(=O)c2[nH]1. The van der Waals surface area contributed by atoms with Crippen LogP contribution in [0.2, 0.25) is 0 Å². The van der Waals surface area contributed by atoms with E-state index in [4.69, 9.17) is 9.84 Å². The van der Waals surface area contributed by atoms with Crippen molar-refractivity contribution < 1.29 is 14.6 Å². The number of aliphatic hydroxyl groups is 1. The number of aromatic nitrogens is 4.